The molecule has 0 amide bonds. The summed E-state index contributed by atoms with van der Waals surface area (Å²) >= 11 is 0. The van der Waals surface area contributed by atoms with E-state index in [-0.39, 0.29) is 5.56 Å². The van der Waals surface area contributed by atoms with E-state index < -0.39 is 0 Å². The molecule has 0 aliphatic heterocycles. The molecule has 0 unspecified atom stereocenters. The highest BCUT2D eigenvalue weighted by Crippen LogP contribution is 2.15. The summed E-state index contributed by atoms with van der Waals surface area (Å²) in [6, 6.07) is 1.44. The average molecular weight is 220 g/mol. The molecule has 2 N–H and O–H groups in total. The molecule has 0 radical (unpaired) electrons. The molecule has 2 rings (SSSR count). The summed E-state index contributed by atoms with van der Waals surface area (Å²) in [6.45, 7) is 2.74. The van der Waals surface area contributed by atoms with E-state index in [4.69, 9.17) is 0 Å². The van der Waals surface area contributed by atoms with E-state index in [1.165, 1.54) is 6.07 Å². The highest BCUT2D eigenvalue weighted by atomic mass is 16.1. The van der Waals surface area contributed by atoms with Crippen molar-refractivity contribution in [2.45, 2.75) is 6.92 Å². The summed E-state index contributed by atoms with van der Waals surface area (Å²) in [7, 11) is 1.83. The monoisotopic (exact) mass is 220 g/mol. The van der Waals surface area contributed by atoms with Crippen LogP contribution in [0.4, 0.5) is 5.95 Å². The fourth-order valence-corrected chi connectivity index (χ4v) is 1.39. The summed E-state index contributed by atoms with van der Waals surface area (Å²) in [5.74, 6) is 1.27. The second-order valence-electron chi connectivity index (χ2n) is 3.27. The molecular formula is C9H12N6O. The van der Waals surface area contributed by atoms with E-state index >= 15 is 0 Å². The smallest absolute Gasteiger partial charge is 0.264 e. The van der Waals surface area contributed by atoms with E-state index in [0.29, 0.717) is 17.3 Å². The normalized spacial score (nSPS) is 10.4. The summed E-state index contributed by atoms with van der Waals surface area (Å²) in [6.07, 6.45) is 1.54. The topological polar surface area (TPSA) is 88.5 Å². The highest BCUT2D eigenvalue weighted by molar-refractivity contribution is 5.55. The van der Waals surface area contributed by atoms with Crippen molar-refractivity contribution in [1.82, 2.24) is 25.0 Å². The molecule has 0 aliphatic carbocycles. The van der Waals surface area contributed by atoms with Gasteiger partial charge < -0.3 is 5.32 Å². The lowest BCUT2D eigenvalue weighted by Gasteiger charge is -2.03. The molecule has 0 bridgehead atoms. The number of nitrogens with zero attached hydrogens (tertiary/aromatic N) is 4. The van der Waals surface area contributed by atoms with E-state index in [9.17, 15) is 4.79 Å². The molecule has 7 nitrogen and oxygen atoms in total. The van der Waals surface area contributed by atoms with E-state index in [1.54, 1.807) is 10.8 Å². The molecular weight excluding hydrogens is 208 g/mol. The molecule has 0 spiro atoms. The van der Waals surface area contributed by atoms with Crippen molar-refractivity contribution in [3.8, 4) is 11.4 Å². The summed E-state index contributed by atoms with van der Waals surface area (Å²) in [5.41, 5.74) is 0.383. The lowest BCUT2D eigenvalue weighted by Crippen LogP contribution is -2.08. The number of hydrogen-bond donors (Lipinski definition) is 2. The van der Waals surface area contributed by atoms with Crippen LogP contribution in [-0.4, -0.2) is 31.5 Å². The second-order valence-corrected chi connectivity index (χ2v) is 3.27. The number of anilines is 1. The quantitative estimate of drug-likeness (QED) is 0.760. The van der Waals surface area contributed by atoms with Gasteiger partial charge in [-0.3, -0.25) is 9.36 Å². The minimum atomic E-state index is -0.259. The molecule has 0 atom stereocenters. The maximum absolute atomic E-state index is 11.1. The van der Waals surface area contributed by atoms with Crippen molar-refractivity contribution in [3.63, 3.8) is 0 Å². The van der Waals surface area contributed by atoms with Gasteiger partial charge in [0.15, 0.2) is 5.82 Å². The zero-order valence-electron chi connectivity index (χ0n) is 9.06. The van der Waals surface area contributed by atoms with Gasteiger partial charge >= 0.3 is 0 Å². The number of rotatable bonds is 3. The zero-order valence-corrected chi connectivity index (χ0v) is 9.06. The fraction of sp³-hybridized carbons (Fsp3) is 0.333. The largest absolute Gasteiger partial charge is 0.355 e. The van der Waals surface area contributed by atoms with Gasteiger partial charge in [0.25, 0.3) is 5.56 Å². The highest BCUT2D eigenvalue weighted by Gasteiger charge is 2.10. The SMILES string of the molecule is CCNc1nnc(-c2cn[nH]c(=O)c2)n1C. The summed E-state index contributed by atoms with van der Waals surface area (Å²) < 4.78 is 1.78. The predicted molar refractivity (Wildman–Crippen MR) is 59.0 cm³/mol. The molecule has 0 fully saturated rings. The van der Waals surface area contributed by atoms with Gasteiger partial charge in [0, 0.05) is 25.2 Å². The summed E-state index contributed by atoms with van der Waals surface area (Å²) in [4.78, 5) is 11.1. The van der Waals surface area contributed by atoms with Crippen LogP contribution < -0.4 is 10.9 Å². The van der Waals surface area contributed by atoms with Gasteiger partial charge in [-0.15, -0.1) is 10.2 Å². The maximum Gasteiger partial charge on any atom is 0.264 e. The third-order valence-electron chi connectivity index (χ3n) is 2.13. The van der Waals surface area contributed by atoms with Crippen molar-refractivity contribution in [3.05, 3.63) is 22.6 Å². The van der Waals surface area contributed by atoms with Gasteiger partial charge in [0.05, 0.1) is 6.20 Å². The molecule has 0 saturated carbocycles. The zero-order chi connectivity index (χ0) is 11.5. The molecule has 16 heavy (non-hydrogen) atoms. The minimum absolute atomic E-state index is 0.259. The van der Waals surface area contributed by atoms with Crippen LogP contribution in [0.2, 0.25) is 0 Å². The molecule has 0 aliphatic rings. The first-order valence-corrected chi connectivity index (χ1v) is 4.90. The fourth-order valence-electron chi connectivity index (χ4n) is 1.39. The minimum Gasteiger partial charge on any atom is -0.355 e. The first-order valence-electron chi connectivity index (χ1n) is 4.90. The lowest BCUT2D eigenvalue weighted by atomic mass is 10.3. The number of H-pyrrole nitrogens is 1. The van der Waals surface area contributed by atoms with Crippen molar-refractivity contribution in [1.29, 1.82) is 0 Å². The van der Waals surface area contributed by atoms with Gasteiger partial charge in [-0.25, -0.2) is 5.10 Å². The second kappa shape index (κ2) is 4.13. The van der Waals surface area contributed by atoms with Gasteiger partial charge in [0.2, 0.25) is 5.95 Å². The Morgan fingerprint density at radius 1 is 1.50 bits per heavy atom. The molecule has 0 saturated heterocycles. The van der Waals surface area contributed by atoms with Crippen LogP contribution in [-0.2, 0) is 7.05 Å². The van der Waals surface area contributed by atoms with Gasteiger partial charge in [-0.1, -0.05) is 0 Å². The van der Waals surface area contributed by atoms with E-state index in [2.05, 4.69) is 25.7 Å². The van der Waals surface area contributed by atoms with Crippen LogP contribution in [0, 0.1) is 0 Å². The Morgan fingerprint density at radius 3 is 3.00 bits per heavy atom. The van der Waals surface area contributed by atoms with Crippen LogP contribution in [0.3, 0.4) is 0 Å². The average Bonchev–Trinajstić information content (AvgIpc) is 2.61. The maximum atomic E-state index is 11.1. The van der Waals surface area contributed by atoms with Crippen molar-refractivity contribution in [2.24, 2.45) is 7.05 Å². The first kappa shape index (κ1) is 10.3. The first-order chi connectivity index (χ1) is 7.72. The Labute approximate surface area is 91.5 Å². The number of hydrogen-bond acceptors (Lipinski definition) is 5. The van der Waals surface area contributed by atoms with Crippen molar-refractivity contribution in [2.75, 3.05) is 11.9 Å². The molecule has 84 valence electrons. The number of nitrogens with one attached hydrogen (secondary N) is 2. The Balaban J connectivity index is 2.45. The van der Waals surface area contributed by atoms with Crippen LogP contribution in [0.25, 0.3) is 11.4 Å². The van der Waals surface area contributed by atoms with Crippen LogP contribution >= 0.6 is 0 Å². The van der Waals surface area contributed by atoms with Gasteiger partial charge in [-0.05, 0) is 6.92 Å². The van der Waals surface area contributed by atoms with Crippen molar-refractivity contribution < 1.29 is 0 Å². The van der Waals surface area contributed by atoms with Gasteiger partial charge in [0.1, 0.15) is 0 Å². The van der Waals surface area contributed by atoms with Crippen LogP contribution in [0.15, 0.2) is 17.1 Å². The summed E-state index contributed by atoms with van der Waals surface area (Å²) in [5, 5.41) is 17.1. The molecule has 2 heterocycles. The Hall–Kier alpha value is -2.18. The standard InChI is InChI=1S/C9H12N6O/c1-3-10-9-14-13-8(15(9)2)6-4-7(16)12-11-5-6/h4-5H,3H2,1-2H3,(H,10,14)(H,12,16). The third kappa shape index (κ3) is 1.79. The Kier molecular flexibility index (Phi) is 2.67. The van der Waals surface area contributed by atoms with Crippen molar-refractivity contribution >= 4 is 5.95 Å². The number of aromatic amines is 1. The van der Waals surface area contributed by atoms with Crippen LogP contribution in [0.5, 0.6) is 0 Å². The number of aromatic nitrogens is 5. The molecule has 2 aromatic rings. The predicted octanol–water partition coefficient (Wildman–Crippen LogP) is -0.00280. The van der Waals surface area contributed by atoms with E-state index in [0.717, 1.165) is 6.54 Å². The third-order valence-corrected chi connectivity index (χ3v) is 2.13. The Morgan fingerprint density at radius 2 is 2.31 bits per heavy atom. The lowest BCUT2D eigenvalue weighted by molar-refractivity contribution is 0.906. The Bertz CT molecular complexity index is 543. The molecule has 7 heteroatoms. The molecule has 0 aromatic carbocycles. The van der Waals surface area contributed by atoms with Gasteiger partial charge in [-0.2, -0.15) is 5.10 Å². The molecule has 2 aromatic heterocycles. The van der Waals surface area contributed by atoms with E-state index in [1.807, 2.05) is 14.0 Å². The van der Waals surface area contributed by atoms with Crippen LogP contribution in [0.1, 0.15) is 6.92 Å².